The molecule has 0 unspecified atom stereocenters. The van der Waals surface area contributed by atoms with Crippen molar-refractivity contribution in [2.45, 2.75) is 193 Å². The molecule has 302 valence electrons. The van der Waals surface area contributed by atoms with Crippen LogP contribution in [0.4, 0.5) is 11.4 Å². The zero-order chi connectivity index (χ0) is 40.5. The Bertz CT molecular complexity index is 1470. The number of aromatic nitrogens is 2. The number of hydrogen-bond donors (Lipinski definition) is 2. The molecule has 6 atom stereocenters. The highest BCUT2D eigenvalue weighted by atomic mass is 28.4. The van der Waals surface area contributed by atoms with Gasteiger partial charge in [-0.15, -0.1) is 0 Å². The maximum Gasteiger partial charge on any atom is 0.192 e. The highest BCUT2D eigenvalue weighted by Crippen LogP contribution is 2.48. The molecule has 0 spiro atoms. The number of nitrogen functional groups attached to an aromatic ring is 2. The maximum absolute atomic E-state index is 7.06. The summed E-state index contributed by atoms with van der Waals surface area (Å²) in [6.45, 7) is 42.0. The van der Waals surface area contributed by atoms with Gasteiger partial charge in [-0.05, 0) is 133 Å². The molecule has 2 aliphatic rings. The maximum atomic E-state index is 7.06. The Balaban J connectivity index is 0.000000295. The molecule has 2 saturated carbocycles. The summed E-state index contributed by atoms with van der Waals surface area (Å²) < 4.78 is 20.9. The summed E-state index contributed by atoms with van der Waals surface area (Å²) >= 11 is 0. The van der Waals surface area contributed by atoms with E-state index in [1.165, 1.54) is 11.1 Å². The standard InChI is InChI=1S/C24H46N2O2Si2.C19H34N2OSi/c1-17-14-18(19-12-13-26-16-20(19)25)15-21(27-29(8,9)23(2,3)4)22(17)28-30(10,11)24(5,6)7;1-13-10-15(16-8-9-21-12-17(16)20)11-14(2)18(13)22-23(6,7)19(3,4)5/h12-13,16-18,21-22H,14-15,25H2,1-11H3;8-9,12-15,18H,10-11,20H2,1-7H3/t17-,18-,21-,22+;13-,14-,15?,18?/m01/s1. The van der Waals surface area contributed by atoms with E-state index in [0.29, 0.717) is 35.7 Å². The van der Waals surface area contributed by atoms with Gasteiger partial charge in [-0.2, -0.15) is 0 Å². The SMILES string of the molecule is C[C@@H]1CC(c2ccncc2N)C[C@@H](C)C1O[Si](C)(C)C(C)(C)C.C[C@H]1C[C@H](c2ccncc2N)C[C@H](O[Si](C)(C)C(C)(C)C)[C@@H]1O[Si](C)(C)C(C)(C)C. The Morgan fingerprint density at radius 2 is 0.849 bits per heavy atom. The fraction of sp³-hybridized carbons (Fsp3) is 0.767. The number of rotatable bonds is 8. The van der Waals surface area contributed by atoms with Crippen LogP contribution in [0.5, 0.6) is 0 Å². The Hall–Kier alpha value is -1.57. The van der Waals surface area contributed by atoms with Crippen LogP contribution in [0.1, 0.15) is 132 Å². The molecule has 0 amide bonds. The molecule has 10 heteroatoms. The van der Waals surface area contributed by atoms with Crippen LogP contribution in [0.25, 0.3) is 0 Å². The summed E-state index contributed by atoms with van der Waals surface area (Å²) in [6.07, 6.45) is 12.2. The Labute approximate surface area is 328 Å². The van der Waals surface area contributed by atoms with E-state index < -0.39 is 25.0 Å². The van der Waals surface area contributed by atoms with Crippen molar-refractivity contribution in [3.8, 4) is 0 Å². The van der Waals surface area contributed by atoms with Gasteiger partial charge in [0.05, 0.1) is 42.1 Å². The Kier molecular flexibility index (Phi) is 14.6. The fourth-order valence-corrected chi connectivity index (χ4v) is 11.8. The molecule has 2 fully saturated rings. The van der Waals surface area contributed by atoms with E-state index in [9.17, 15) is 0 Å². The number of pyridine rings is 2. The zero-order valence-corrected chi connectivity index (χ0v) is 40.2. The smallest absolute Gasteiger partial charge is 0.192 e. The van der Waals surface area contributed by atoms with Gasteiger partial charge in [0.1, 0.15) is 0 Å². The molecule has 0 aliphatic heterocycles. The third kappa shape index (κ3) is 11.3. The quantitative estimate of drug-likeness (QED) is 0.257. The average Bonchev–Trinajstić information content (AvgIpc) is 2.99. The van der Waals surface area contributed by atoms with E-state index in [0.717, 1.165) is 37.1 Å². The lowest BCUT2D eigenvalue weighted by Gasteiger charge is -2.50. The second-order valence-electron chi connectivity index (χ2n) is 21.4. The van der Waals surface area contributed by atoms with E-state index >= 15 is 0 Å². The third-order valence-electron chi connectivity index (χ3n) is 13.9. The van der Waals surface area contributed by atoms with Crippen LogP contribution in [0.3, 0.4) is 0 Å². The largest absolute Gasteiger partial charge is 0.413 e. The van der Waals surface area contributed by atoms with Crippen molar-refractivity contribution in [3.05, 3.63) is 48.0 Å². The summed E-state index contributed by atoms with van der Waals surface area (Å²) in [7, 11) is -5.57. The molecule has 2 aliphatic carbocycles. The van der Waals surface area contributed by atoms with Crippen LogP contribution in [0, 0.1) is 17.8 Å². The summed E-state index contributed by atoms with van der Waals surface area (Å²) in [5, 5.41) is 0.611. The first kappa shape index (κ1) is 45.8. The Morgan fingerprint density at radius 1 is 0.528 bits per heavy atom. The van der Waals surface area contributed by atoms with Gasteiger partial charge in [0.2, 0.25) is 0 Å². The minimum absolute atomic E-state index is 0.0985. The van der Waals surface area contributed by atoms with E-state index in [-0.39, 0.29) is 27.3 Å². The zero-order valence-electron chi connectivity index (χ0n) is 37.2. The second-order valence-corrected chi connectivity index (χ2v) is 35.6. The third-order valence-corrected chi connectivity index (χ3v) is 27.4. The monoisotopic (exact) mass is 785 g/mol. The minimum atomic E-state index is -1.94. The fourth-order valence-electron chi connectivity index (χ4n) is 7.50. The first-order chi connectivity index (χ1) is 24.0. The van der Waals surface area contributed by atoms with Gasteiger partial charge < -0.3 is 24.7 Å². The van der Waals surface area contributed by atoms with Crippen LogP contribution in [-0.2, 0) is 13.3 Å². The van der Waals surface area contributed by atoms with Crippen molar-refractivity contribution in [2.75, 3.05) is 11.5 Å². The van der Waals surface area contributed by atoms with Crippen LogP contribution >= 0.6 is 0 Å². The lowest BCUT2D eigenvalue weighted by molar-refractivity contribution is -0.0304. The van der Waals surface area contributed by atoms with E-state index in [2.05, 4.69) is 144 Å². The molecule has 0 radical (unpaired) electrons. The highest BCUT2D eigenvalue weighted by Gasteiger charge is 2.49. The molecule has 2 heterocycles. The molecule has 2 aromatic heterocycles. The van der Waals surface area contributed by atoms with E-state index in [1.54, 1.807) is 12.4 Å². The van der Waals surface area contributed by atoms with Gasteiger partial charge in [0.25, 0.3) is 0 Å². The minimum Gasteiger partial charge on any atom is -0.413 e. The van der Waals surface area contributed by atoms with Gasteiger partial charge in [-0.3, -0.25) is 9.97 Å². The van der Waals surface area contributed by atoms with Crippen molar-refractivity contribution < 1.29 is 13.3 Å². The number of anilines is 2. The summed E-state index contributed by atoms with van der Waals surface area (Å²) in [4.78, 5) is 8.32. The van der Waals surface area contributed by atoms with Crippen molar-refractivity contribution in [2.24, 2.45) is 17.8 Å². The van der Waals surface area contributed by atoms with E-state index in [4.69, 9.17) is 24.7 Å². The van der Waals surface area contributed by atoms with Gasteiger partial charge in [0.15, 0.2) is 25.0 Å². The molecule has 4 N–H and O–H groups in total. The second kappa shape index (κ2) is 16.9. The molecular formula is C43H80N4O3Si3. The lowest BCUT2D eigenvalue weighted by atomic mass is 9.72. The molecule has 7 nitrogen and oxygen atoms in total. The lowest BCUT2D eigenvalue weighted by Crippen LogP contribution is -2.55. The van der Waals surface area contributed by atoms with Gasteiger partial charge in [-0.25, -0.2) is 0 Å². The summed E-state index contributed by atoms with van der Waals surface area (Å²) in [5.74, 6) is 2.45. The summed E-state index contributed by atoms with van der Waals surface area (Å²) in [6, 6.07) is 4.18. The van der Waals surface area contributed by atoms with E-state index in [1.807, 2.05) is 12.4 Å². The predicted molar refractivity (Wildman–Crippen MR) is 235 cm³/mol. The molecule has 2 aromatic rings. The topological polar surface area (TPSA) is 106 Å². The molecule has 0 saturated heterocycles. The van der Waals surface area contributed by atoms with Crippen molar-refractivity contribution in [1.82, 2.24) is 9.97 Å². The molecular weight excluding hydrogens is 705 g/mol. The number of nitrogens with zero attached hydrogens (tertiary/aromatic N) is 2. The van der Waals surface area contributed by atoms with Gasteiger partial charge >= 0.3 is 0 Å². The molecule has 0 aromatic carbocycles. The van der Waals surface area contributed by atoms with Gasteiger partial charge in [0, 0.05) is 12.4 Å². The summed E-state index contributed by atoms with van der Waals surface area (Å²) in [5.41, 5.74) is 16.6. The van der Waals surface area contributed by atoms with Crippen molar-refractivity contribution >= 4 is 36.3 Å². The highest BCUT2D eigenvalue weighted by molar-refractivity contribution is 6.75. The molecule has 4 rings (SSSR count). The first-order valence-electron chi connectivity index (χ1n) is 20.4. The van der Waals surface area contributed by atoms with Crippen LogP contribution in [0.2, 0.25) is 54.4 Å². The van der Waals surface area contributed by atoms with Crippen LogP contribution in [-0.4, -0.2) is 53.2 Å². The van der Waals surface area contributed by atoms with Crippen LogP contribution < -0.4 is 11.5 Å². The van der Waals surface area contributed by atoms with Crippen LogP contribution in [0.15, 0.2) is 36.9 Å². The first-order valence-corrected chi connectivity index (χ1v) is 29.1. The molecule has 0 bridgehead atoms. The normalized spacial score (nSPS) is 27.9. The van der Waals surface area contributed by atoms with Gasteiger partial charge in [-0.1, -0.05) is 83.1 Å². The van der Waals surface area contributed by atoms with Crippen molar-refractivity contribution in [3.63, 3.8) is 0 Å². The molecule has 53 heavy (non-hydrogen) atoms. The van der Waals surface area contributed by atoms with Crippen molar-refractivity contribution in [1.29, 1.82) is 0 Å². The average molecular weight is 785 g/mol. The number of nitrogens with two attached hydrogens (primary N) is 2. The Morgan fingerprint density at radius 3 is 1.21 bits per heavy atom. The predicted octanol–water partition coefficient (Wildman–Crippen LogP) is 12.2. The number of hydrogen-bond acceptors (Lipinski definition) is 7.